The van der Waals surface area contributed by atoms with Gasteiger partial charge in [0.1, 0.15) is 17.3 Å². The van der Waals surface area contributed by atoms with Gasteiger partial charge in [-0.1, -0.05) is 18.2 Å². The summed E-state index contributed by atoms with van der Waals surface area (Å²) in [6.07, 6.45) is 2.41. The number of benzene rings is 2. The molecule has 2 aromatic carbocycles. The highest BCUT2D eigenvalue weighted by molar-refractivity contribution is 7.89. The molecular weight excluding hydrogens is 445 g/mol. The summed E-state index contributed by atoms with van der Waals surface area (Å²) in [5.74, 6) is -0.192. The van der Waals surface area contributed by atoms with E-state index >= 15 is 0 Å². The lowest BCUT2D eigenvalue weighted by atomic mass is 10.2. The molecule has 0 aliphatic heterocycles. The van der Waals surface area contributed by atoms with Crippen molar-refractivity contribution in [3.8, 4) is 11.4 Å². The number of imidazole rings is 1. The van der Waals surface area contributed by atoms with Crippen LogP contribution in [0.5, 0.6) is 0 Å². The fourth-order valence-corrected chi connectivity index (χ4v) is 3.91. The molecule has 2 N–H and O–H groups in total. The molecule has 0 aliphatic rings. The molecule has 33 heavy (non-hydrogen) atoms. The summed E-state index contributed by atoms with van der Waals surface area (Å²) < 4.78 is 39.2. The van der Waals surface area contributed by atoms with Crippen molar-refractivity contribution >= 4 is 15.9 Å². The largest absolute Gasteiger partial charge is 0.340 e. The minimum atomic E-state index is -3.84. The molecule has 3 aromatic rings. The van der Waals surface area contributed by atoms with Crippen LogP contribution in [0.15, 0.2) is 59.6 Å². The topological polar surface area (TPSA) is 102 Å². The molecule has 1 heterocycles. The first kappa shape index (κ1) is 24.6. The van der Waals surface area contributed by atoms with Crippen LogP contribution in [0.1, 0.15) is 22.5 Å². The molecule has 8 nitrogen and oxygen atoms in total. The Kier molecular flexibility index (Phi) is 7.62. The number of hydrogen-bond donors (Lipinski definition) is 1. The molecule has 3 rings (SSSR count). The van der Waals surface area contributed by atoms with Crippen molar-refractivity contribution in [3.05, 3.63) is 71.8 Å². The van der Waals surface area contributed by atoms with Crippen molar-refractivity contribution < 1.29 is 17.6 Å². The minimum absolute atomic E-state index is 0.0321. The van der Waals surface area contributed by atoms with E-state index in [9.17, 15) is 17.6 Å². The van der Waals surface area contributed by atoms with Gasteiger partial charge >= 0.3 is 0 Å². The number of rotatable bonds is 9. The zero-order valence-electron chi connectivity index (χ0n) is 18.9. The summed E-state index contributed by atoms with van der Waals surface area (Å²) in [6, 6.07) is 12.3. The molecule has 0 saturated heterocycles. The van der Waals surface area contributed by atoms with E-state index in [2.05, 4.69) is 4.98 Å². The van der Waals surface area contributed by atoms with E-state index in [-0.39, 0.29) is 28.9 Å². The van der Waals surface area contributed by atoms with E-state index in [1.165, 1.54) is 18.2 Å². The van der Waals surface area contributed by atoms with Crippen molar-refractivity contribution in [2.45, 2.75) is 17.9 Å². The first-order valence-electron chi connectivity index (χ1n) is 10.4. The van der Waals surface area contributed by atoms with Gasteiger partial charge in [0.15, 0.2) is 0 Å². The highest BCUT2D eigenvalue weighted by atomic mass is 32.2. The van der Waals surface area contributed by atoms with E-state index in [1.807, 2.05) is 19.0 Å². The maximum absolute atomic E-state index is 14.3. The first-order chi connectivity index (χ1) is 15.6. The van der Waals surface area contributed by atoms with Gasteiger partial charge in [0.25, 0.3) is 5.91 Å². The predicted molar refractivity (Wildman–Crippen MR) is 125 cm³/mol. The van der Waals surface area contributed by atoms with E-state index in [1.54, 1.807) is 53.0 Å². The van der Waals surface area contributed by atoms with E-state index in [4.69, 9.17) is 5.14 Å². The highest BCUT2D eigenvalue weighted by Crippen LogP contribution is 2.23. The summed E-state index contributed by atoms with van der Waals surface area (Å²) in [5.41, 5.74) is 1.24. The van der Waals surface area contributed by atoms with Gasteiger partial charge in [0, 0.05) is 30.9 Å². The Bertz CT molecular complexity index is 1220. The quantitative estimate of drug-likeness (QED) is 0.514. The van der Waals surface area contributed by atoms with Gasteiger partial charge in [-0.25, -0.2) is 22.9 Å². The zero-order valence-corrected chi connectivity index (χ0v) is 19.7. The van der Waals surface area contributed by atoms with Crippen molar-refractivity contribution in [2.24, 2.45) is 5.14 Å². The van der Waals surface area contributed by atoms with E-state index in [0.717, 1.165) is 13.0 Å². The second-order valence-corrected chi connectivity index (χ2v) is 9.68. The Morgan fingerprint density at radius 2 is 1.73 bits per heavy atom. The van der Waals surface area contributed by atoms with Gasteiger partial charge in [-0.05, 0) is 57.4 Å². The van der Waals surface area contributed by atoms with Crippen molar-refractivity contribution in [1.82, 2.24) is 19.4 Å². The van der Waals surface area contributed by atoms with Gasteiger partial charge in [0.05, 0.1) is 11.4 Å². The summed E-state index contributed by atoms with van der Waals surface area (Å²) in [5, 5.41) is 5.19. The summed E-state index contributed by atoms with van der Waals surface area (Å²) in [4.78, 5) is 21.1. The fraction of sp³-hybridized carbons (Fsp3) is 0.304. The molecule has 10 heteroatoms. The monoisotopic (exact) mass is 473 g/mol. The van der Waals surface area contributed by atoms with Crippen molar-refractivity contribution in [1.29, 1.82) is 0 Å². The SMILES string of the molecule is CN(C)CCCN(C)C(=O)c1cn(Cc2ccccc2F)c(-c2ccc(S(N)(=O)=O)cc2)n1. The Hall–Kier alpha value is -3.08. The van der Waals surface area contributed by atoms with Crippen LogP contribution in [0, 0.1) is 5.82 Å². The van der Waals surface area contributed by atoms with Gasteiger partial charge in [0.2, 0.25) is 10.0 Å². The van der Waals surface area contributed by atoms with Crippen molar-refractivity contribution in [2.75, 3.05) is 34.2 Å². The summed E-state index contributed by atoms with van der Waals surface area (Å²) in [7, 11) is 1.82. The summed E-state index contributed by atoms with van der Waals surface area (Å²) in [6.45, 7) is 1.57. The van der Waals surface area contributed by atoms with E-state index < -0.39 is 10.0 Å². The third-order valence-corrected chi connectivity index (χ3v) is 6.11. The number of primary sulfonamides is 1. The van der Waals surface area contributed by atoms with Crippen LogP contribution < -0.4 is 5.14 Å². The standard InChI is InChI=1S/C23H28FN5O3S/c1-27(2)13-6-14-28(3)23(30)21-16-29(15-18-7-4-5-8-20(18)24)22(26-21)17-9-11-19(12-10-17)33(25,31)32/h4-5,7-12,16H,6,13-15H2,1-3H3,(H2,25,31,32). The number of aromatic nitrogens is 2. The predicted octanol–water partition coefficient (Wildman–Crippen LogP) is 2.41. The third-order valence-electron chi connectivity index (χ3n) is 5.18. The Balaban J connectivity index is 1.95. The third kappa shape index (κ3) is 6.25. The minimum Gasteiger partial charge on any atom is -0.340 e. The van der Waals surface area contributed by atoms with Crippen LogP contribution in [0.3, 0.4) is 0 Å². The normalized spacial score (nSPS) is 11.7. The second kappa shape index (κ2) is 10.2. The zero-order chi connectivity index (χ0) is 24.2. The Morgan fingerprint density at radius 1 is 1.06 bits per heavy atom. The summed E-state index contributed by atoms with van der Waals surface area (Å²) >= 11 is 0. The molecule has 176 valence electrons. The van der Waals surface area contributed by atoms with Crippen LogP contribution in [0.25, 0.3) is 11.4 Å². The average molecular weight is 474 g/mol. The van der Waals surface area contributed by atoms with Crippen LogP contribution in [0.2, 0.25) is 0 Å². The number of hydrogen-bond acceptors (Lipinski definition) is 5. The smallest absolute Gasteiger partial charge is 0.273 e. The molecule has 0 bridgehead atoms. The maximum atomic E-state index is 14.3. The maximum Gasteiger partial charge on any atom is 0.273 e. The van der Waals surface area contributed by atoms with Crippen LogP contribution in [-0.4, -0.2) is 67.9 Å². The Labute approximate surface area is 193 Å². The molecule has 0 saturated carbocycles. The molecule has 0 aliphatic carbocycles. The average Bonchev–Trinajstić information content (AvgIpc) is 3.17. The molecule has 1 amide bonds. The van der Waals surface area contributed by atoms with Crippen molar-refractivity contribution in [3.63, 3.8) is 0 Å². The Morgan fingerprint density at radius 3 is 2.33 bits per heavy atom. The van der Waals surface area contributed by atoms with Gasteiger partial charge in [-0.2, -0.15) is 0 Å². The van der Waals surface area contributed by atoms with Crippen LogP contribution in [-0.2, 0) is 16.6 Å². The number of nitrogens with zero attached hydrogens (tertiary/aromatic N) is 4. The number of nitrogens with two attached hydrogens (primary N) is 1. The van der Waals surface area contributed by atoms with Crippen LogP contribution >= 0.6 is 0 Å². The molecule has 0 spiro atoms. The number of amides is 1. The number of carbonyl (C=O) groups is 1. The fourth-order valence-electron chi connectivity index (χ4n) is 3.39. The lowest BCUT2D eigenvalue weighted by molar-refractivity contribution is 0.0785. The molecule has 1 aromatic heterocycles. The second-order valence-electron chi connectivity index (χ2n) is 8.12. The molecule has 0 atom stereocenters. The van der Waals surface area contributed by atoms with Gasteiger partial charge < -0.3 is 14.4 Å². The number of sulfonamides is 1. The number of halogens is 1. The lowest BCUT2D eigenvalue weighted by Gasteiger charge is -2.17. The van der Waals surface area contributed by atoms with Gasteiger partial charge in [-0.3, -0.25) is 4.79 Å². The highest BCUT2D eigenvalue weighted by Gasteiger charge is 2.20. The molecular formula is C23H28FN5O3S. The number of carbonyl (C=O) groups excluding carboxylic acids is 1. The molecule has 0 unspecified atom stereocenters. The lowest BCUT2D eigenvalue weighted by Crippen LogP contribution is -2.30. The molecule has 0 fully saturated rings. The van der Waals surface area contributed by atoms with Crippen LogP contribution in [0.4, 0.5) is 4.39 Å². The van der Waals surface area contributed by atoms with E-state index in [0.29, 0.717) is 23.5 Å². The van der Waals surface area contributed by atoms with Gasteiger partial charge in [-0.15, -0.1) is 0 Å². The first-order valence-corrected chi connectivity index (χ1v) is 11.9. The molecule has 0 radical (unpaired) electrons.